The van der Waals surface area contributed by atoms with E-state index in [9.17, 15) is 4.79 Å². The summed E-state index contributed by atoms with van der Waals surface area (Å²) in [5.41, 5.74) is 2.03. The molecule has 2 aromatic heterocycles. The van der Waals surface area contributed by atoms with Crippen LogP contribution >= 0.6 is 0 Å². The van der Waals surface area contributed by atoms with Crippen LogP contribution in [0.5, 0.6) is 0 Å². The highest BCUT2D eigenvalue weighted by molar-refractivity contribution is 5.78. The molecule has 132 valence electrons. The van der Waals surface area contributed by atoms with E-state index in [1.54, 1.807) is 6.20 Å². The Morgan fingerprint density at radius 2 is 2.04 bits per heavy atom. The van der Waals surface area contributed by atoms with E-state index in [0.717, 1.165) is 22.7 Å². The number of rotatable bonds is 6. The third-order valence-electron chi connectivity index (χ3n) is 4.53. The number of carbonyl (C=O) groups excluding carboxylic acids is 1. The Balaban J connectivity index is 1.69. The molecule has 0 saturated heterocycles. The van der Waals surface area contributed by atoms with Gasteiger partial charge in [-0.2, -0.15) is 0 Å². The molecule has 6 heteroatoms. The second kappa shape index (κ2) is 7.09. The van der Waals surface area contributed by atoms with Gasteiger partial charge in [-0.05, 0) is 25.0 Å². The molecule has 0 aliphatic heterocycles. The number of imidazole rings is 2. The van der Waals surface area contributed by atoms with Gasteiger partial charge in [0.25, 0.3) is 0 Å². The molecule has 0 fully saturated rings. The predicted molar refractivity (Wildman–Crippen MR) is 98.0 cm³/mol. The fourth-order valence-electron chi connectivity index (χ4n) is 3.14. The van der Waals surface area contributed by atoms with Crippen LogP contribution in [-0.2, 0) is 18.4 Å². The summed E-state index contributed by atoms with van der Waals surface area (Å²) in [4.78, 5) is 21.5. The lowest BCUT2D eigenvalue weighted by Crippen LogP contribution is -2.34. The van der Waals surface area contributed by atoms with E-state index in [-0.39, 0.29) is 17.9 Å². The first-order valence-corrected chi connectivity index (χ1v) is 8.66. The van der Waals surface area contributed by atoms with E-state index in [2.05, 4.69) is 33.7 Å². The zero-order valence-corrected chi connectivity index (χ0v) is 15.2. The molecule has 0 radical (unpaired) electrons. The average Bonchev–Trinajstić information content (AvgIpc) is 3.13. The fraction of sp³-hybridized carbons (Fsp3) is 0.421. The van der Waals surface area contributed by atoms with Gasteiger partial charge in [-0.3, -0.25) is 4.79 Å². The van der Waals surface area contributed by atoms with Crippen molar-refractivity contribution in [2.75, 3.05) is 0 Å². The van der Waals surface area contributed by atoms with Gasteiger partial charge in [0.05, 0.1) is 17.1 Å². The highest BCUT2D eigenvalue weighted by atomic mass is 16.1. The van der Waals surface area contributed by atoms with E-state index in [1.165, 1.54) is 0 Å². The van der Waals surface area contributed by atoms with Gasteiger partial charge in [-0.15, -0.1) is 0 Å². The Bertz CT molecular complexity index is 877. The van der Waals surface area contributed by atoms with Gasteiger partial charge in [-0.1, -0.05) is 26.0 Å². The molecule has 1 aromatic carbocycles. The van der Waals surface area contributed by atoms with Crippen LogP contribution in [0.1, 0.15) is 38.0 Å². The number of hydrogen-bond acceptors (Lipinski definition) is 3. The molecule has 6 nitrogen and oxygen atoms in total. The Labute approximate surface area is 147 Å². The van der Waals surface area contributed by atoms with E-state index in [4.69, 9.17) is 0 Å². The minimum absolute atomic E-state index is 0.0267. The zero-order chi connectivity index (χ0) is 18.0. The van der Waals surface area contributed by atoms with Crippen molar-refractivity contribution in [3.63, 3.8) is 0 Å². The summed E-state index contributed by atoms with van der Waals surface area (Å²) in [7, 11) is 1.95. The summed E-state index contributed by atoms with van der Waals surface area (Å²) in [5, 5.41) is 3.13. The molecule has 25 heavy (non-hydrogen) atoms. The van der Waals surface area contributed by atoms with E-state index in [1.807, 2.05) is 49.0 Å². The lowest BCUT2D eigenvalue weighted by molar-refractivity contribution is -0.122. The Kier molecular flexibility index (Phi) is 4.88. The van der Waals surface area contributed by atoms with Crippen molar-refractivity contribution >= 4 is 16.9 Å². The number of carbonyl (C=O) groups is 1. The van der Waals surface area contributed by atoms with Crippen molar-refractivity contribution in [1.82, 2.24) is 24.4 Å². The average molecular weight is 339 g/mol. The van der Waals surface area contributed by atoms with Gasteiger partial charge in [0, 0.05) is 32.4 Å². The first-order chi connectivity index (χ1) is 12.0. The van der Waals surface area contributed by atoms with Crippen LogP contribution in [0.25, 0.3) is 11.0 Å². The molecule has 0 spiro atoms. The van der Waals surface area contributed by atoms with Crippen molar-refractivity contribution in [2.24, 2.45) is 13.0 Å². The van der Waals surface area contributed by atoms with Crippen LogP contribution in [0.15, 0.2) is 36.7 Å². The number of nitrogens with zero attached hydrogens (tertiary/aromatic N) is 4. The van der Waals surface area contributed by atoms with E-state index < -0.39 is 0 Å². The predicted octanol–water partition coefficient (Wildman–Crippen LogP) is 2.98. The standard InChI is InChI=1S/C19H25N5O/c1-13(2)18(19-20-10-12-23(19)4)22-17(25)9-11-24-14(3)21-15-7-5-6-8-16(15)24/h5-8,10,12-13,18H,9,11H2,1-4H3,(H,22,25)/t18-/m0/s1. The van der Waals surface area contributed by atoms with Crippen molar-refractivity contribution < 1.29 is 4.79 Å². The first-order valence-electron chi connectivity index (χ1n) is 8.66. The third-order valence-corrected chi connectivity index (χ3v) is 4.53. The zero-order valence-electron chi connectivity index (χ0n) is 15.2. The molecule has 2 heterocycles. The molecule has 0 aliphatic carbocycles. The molecule has 1 N–H and O–H groups in total. The van der Waals surface area contributed by atoms with Crippen LogP contribution in [0.3, 0.4) is 0 Å². The Hall–Kier alpha value is -2.63. The SMILES string of the molecule is Cc1nc2ccccc2n1CCC(=O)N[C@H](c1nccn1C)C(C)C. The monoisotopic (exact) mass is 339 g/mol. The highest BCUT2D eigenvalue weighted by Gasteiger charge is 2.22. The Morgan fingerprint density at radius 1 is 1.28 bits per heavy atom. The number of benzene rings is 1. The molecule has 0 saturated carbocycles. The first kappa shape index (κ1) is 17.2. The smallest absolute Gasteiger partial charge is 0.222 e. The molecule has 1 atom stereocenters. The second-order valence-electron chi connectivity index (χ2n) is 6.73. The van der Waals surface area contributed by atoms with Gasteiger partial charge in [0.2, 0.25) is 5.91 Å². The van der Waals surface area contributed by atoms with Gasteiger partial charge >= 0.3 is 0 Å². The van der Waals surface area contributed by atoms with Crippen molar-refractivity contribution in [2.45, 2.75) is 39.8 Å². The van der Waals surface area contributed by atoms with Gasteiger partial charge in [-0.25, -0.2) is 9.97 Å². The molecular weight excluding hydrogens is 314 g/mol. The Morgan fingerprint density at radius 3 is 2.72 bits per heavy atom. The molecule has 0 unspecified atom stereocenters. The summed E-state index contributed by atoms with van der Waals surface area (Å²) >= 11 is 0. The summed E-state index contributed by atoms with van der Waals surface area (Å²) in [6.07, 6.45) is 4.07. The minimum Gasteiger partial charge on any atom is -0.346 e. The number of para-hydroxylation sites is 2. The molecule has 1 amide bonds. The molecule has 3 aromatic rings. The molecule has 0 aliphatic rings. The number of aryl methyl sites for hydroxylation is 3. The summed E-state index contributed by atoms with van der Waals surface area (Å²) in [5.74, 6) is 2.10. The maximum absolute atomic E-state index is 12.5. The summed E-state index contributed by atoms with van der Waals surface area (Å²) in [6, 6.07) is 7.92. The van der Waals surface area contributed by atoms with Crippen LogP contribution in [0.2, 0.25) is 0 Å². The van der Waals surface area contributed by atoms with Crippen LogP contribution in [0.4, 0.5) is 0 Å². The summed E-state index contributed by atoms with van der Waals surface area (Å²) in [6.45, 7) is 6.77. The number of nitrogens with one attached hydrogen (secondary N) is 1. The highest BCUT2D eigenvalue weighted by Crippen LogP contribution is 2.20. The van der Waals surface area contributed by atoms with Crippen LogP contribution in [0, 0.1) is 12.8 Å². The number of amides is 1. The quantitative estimate of drug-likeness (QED) is 0.751. The van der Waals surface area contributed by atoms with Crippen molar-refractivity contribution in [1.29, 1.82) is 0 Å². The van der Waals surface area contributed by atoms with Crippen molar-refractivity contribution in [3.8, 4) is 0 Å². The minimum atomic E-state index is -0.0897. The van der Waals surface area contributed by atoms with Crippen LogP contribution in [-0.4, -0.2) is 25.0 Å². The maximum atomic E-state index is 12.5. The lowest BCUT2D eigenvalue weighted by atomic mass is 10.0. The van der Waals surface area contributed by atoms with E-state index >= 15 is 0 Å². The number of aromatic nitrogens is 4. The summed E-state index contributed by atoms with van der Waals surface area (Å²) < 4.78 is 4.05. The van der Waals surface area contributed by atoms with Crippen molar-refractivity contribution in [3.05, 3.63) is 48.3 Å². The number of fused-ring (bicyclic) bond motifs is 1. The second-order valence-corrected chi connectivity index (χ2v) is 6.73. The van der Waals surface area contributed by atoms with Gasteiger partial charge in [0.15, 0.2) is 0 Å². The maximum Gasteiger partial charge on any atom is 0.222 e. The normalized spacial score (nSPS) is 12.7. The van der Waals surface area contributed by atoms with Gasteiger partial charge in [0.1, 0.15) is 11.6 Å². The number of hydrogen-bond donors (Lipinski definition) is 1. The topological polar surface area (TPSA) is 64.7 Å². The van der Waals surface area contributed by atoms with Gasteiger partial charge < -0.3 is 14.5 Å². The largest absolute Gasteiger partial charge is 0.346 e. The molecule has 0 bridgehead atoms. The molecule has 3 rings (SSSR count). The molecular formula is C19H25N5O. The lowest BCUT2D eigenvalue weighted by Gasteiger charge is -2.22. The van der Waals surface area contributed by atoms with Crippen LogP contribution < -0.4 is 5.32 Å². The van der Waals surface area contributed by atoms with E-state index in [0.29, 0.717) is 13.0 Å². The fourth-order valence-corrected chi connectivity index (χ4v) is 3.14. The third kappa shape index (κ3) is 3.57.